The zero-order chi connectivity index (χ0) is 11.0. The number of hydrogen-bond acceptors (Lipinski definition) is 2. The lowest BCUT2D eigenvalue weighted by Gasteiger charge is -2.25. The highest BCUT2D eigenvalue weighted by Crippen LogP contribution is 2.39. The number of H-pyrrole nitrogens is 1. The Kier molecular flexibility index (Phi) is 2.40. The molecule has 3 rings (SSSR count). The number of hydrogen-bond donors (Lipinski definition) is 2. The molecule has 84 valence electrons. The summed E-state index contributed by atoms with van der Waals surface area (Å²) in [4.78, 5) is 8.01. The number of aromatic amines is 1. The first-order valence-corrected chi connectivity index (χ1v) is 6.05. The average Bonchev–Trinajstić information content (AvgIpc) is 2.56. The molecular formula is C13H17N3. The van der Waals surface area contributed by atoms with Gasteiger partial charge in [-0.3, -0.25) is 4.98 Å². The van der Waals surface area contributed by atoms with Gasteiger partial charge in [-0.15, -0.1) is 0 Å². The number of fused-ring (bicyclic) bond motifs is 1. The van der Waals surface area contributed by atoms with Crippen molar-refractivity contribution in [2.24, 2.45) is 5.73 Å². The molecule has 0 radical (unpaired) electrons. The van der Waals surface area contributed by atoms with E-state index in [0.717, 1.165) is 23.4 Å². The van der Waals surface area contributed by atoms with Crippen LogP contribution < -0.4 is 5.73 Å². The first-order chi connectivity index (χ1) is 7.90. The maximum absolute atomic E-state index is 5.70. The molecule has 1 saturated carbocycles. The van der Waals surface area contributed by atoms with Crippen LogP contribution in [0.15, 0.2) is 18.3 Å². The summed E-state index contributed by atoms with van der Waals surface area (Å²) < 4.78 is 0. The number of nitrogens with one attached hydrogen (secondary N) is 1. The first-order valence-electron chi connectivity index (χ1n) is 6.05. The molecule has 3 nitrogen and oxygen atoms in total. The summed E-state index contributed by atoms with van der Waals surface area (Å²) in [5, 5.41) is 0. The van der Waals surface area contributed by atoms with E-state index in [2.05, 4.69) is 16.0 Å². The van der Waals surface area contributed by atoms with Gasteiger partial charge in [0, 0.05) is 17.5 Å². The maximum Gasteiger partial charge on any atom is 0.0914 e. The van der Waals surface area contributed by atoms with Gasteiger partial charge >= 0.3 is 0 Å². The normalized spacial score (nSPS) is 16.6. The highest BCUT2D eigenvalue weighted by Gasteiger charge is 2.25. The zero-order valence-corrected chi connectivity index (χ0v) is 9.37. The summed E-state index contributed by atoms with van der Waals surface area (Å²) in [5.74, 6) is 0.718. The lowest BCUT2D eigenvalue weighted by molar-refractivity contribution is 0.410. The fourth-order valence-corrected chi connectivity index (χ4v) is 2.54. The summed E-state index contributed by atoms with van der Waals surface area (Å²) in [6, 6.07) is 4.08. The van der Waals surface area contributed by atoms with E-state index in [1.807, 2.05) is 12.3 Å². The summed E-state index contributed by atoms with van der Waals surface area (Å²) in [7, 11) is 0. The molecule has 2 aromatic heterocycles. The van der Waals surface area contributed by atoms with Gasteiger partial charge in [-0.1, -0.05) is 6.42 Å². The molecular weight excluding hydrogens is 198 g/mol. The lowest BCUT2D eigenvalue weighted by Crippen LogP contribution is -2.13. The van der Waals surface area contributed by atoms with Crippen LogP contribution in [0.25, 0.3) is 11.0 Å². The van der Waals surface area contributed by atoms with Crippen molar-refractivity contribution in [2.75, 3.05) is 6.54 Å². The van der Waals surface area contributed by atoms with Crippen molar-refractivity contribution >= 4 is 11.0 Å². The Labute approximate surface area is 95.1 Å². The minimum atomic E-state index is 0.698. The smallest absolute Gasteiger partial charge is 0.0914 e. The van der Waals surface area contributed by atoms with Crippen molar-refractivity contribution < 1.29 is 0 Å². The van der Waals surface area contributed by atoms with Gasteiger partial charge in [0.25, 0.3) is 0 Å². The molecule has 0 spiro atoms. The summed E-state index contributed by atoms with van der Waals surface area (Å²) in [5.41, 5.74) is 10.7. The van der Waals surface area contributed by atoms with Gasteiger partial charge in [-0.25, -0.2) is 0 Å². The Hall–Kier alpha value is -1.35. The molecule has 3 heteroatoms. The molecule has 1 aliphatic rings. The molecule has 0 amide bonds. The fraction of sp³-hybridized carbons (Fsp3) is 0.462. The van der Waals surface area contributed by atoms with E-state index < -0.39 is 0 Å². The second-order valence-corrected chi connectivity index (χ2v) is 4.58. The third-order valence-corrected chi connectivity index (χ3v) is 3.60. The fourth-order valence-electron chi connectivity index (χ4n) is 2.54. The molecule has 0 unspecified atom stereocenters. The third-order valence-electron chi connectivity index (χ3n) is 3.60. The van der Waals surface area contributed by atoms with Gasteiger partial charge in [-0.2, -0.15) is 0 Å². The Morgan fingerprint density at radius 3 is 3.00 bits per heavy atom. The van der Waals surface area contributed by atoms with E-state index >= 15 is 0 Å². The minimum absolute atomic E-state index is 0.698. The molecule has 16 heavy (non-hydrogen) atoms. The van der Waals surface area contributed by atoms with E-state index in [9.17, 15) is 0 Å². The number of pyridine rings is 1. The molecule has 1 fully saturated rings. The number of aromatic nitrogens is 2. The van der Waals surface area contributed by atoms with Crippen LogP contribution in [-0.4, -0.2) is 16.5 Å². The second-order valence-electron chi connectivity index (χ2n) is 4.58. The first kappa shape index (κ1) is 9.85. The molecule has 0 saturated heterocycles. The van der Waals surface area contributed by atoms with Crippen LogP contribution >= 0.6 is 0 Å². The highest BCUT2D eigenvalue weighted by atomic mass is 14.8. The Balaban J connectivity index is 2.13. The number of nitrogens with two attached hydrogens (primary N) is 1. The average molecular weight is 215 g/mol. The predicted molar refractivity (Wildman–Crippen MR) is 65.4 cm³/mol. The molecule has 0 aromatic carbocycles. The third kappa shape index (κ3) is 1.43. The van der Waals surface area contributed by atoms with Gasteiger partial charge in [0.15, 0.2) is 0 Å². The molecule has 2 aromatic rings. The van der Waals surface area contributed by atoms with Crippen LogP contribution in [0.4, 0.5) is 0 Å². The molecule has 3 N–H and O–H groups in total. The largest absolute Gasteiger partial charge is 0.357 e. The number of rotatable bonds is 3. The summed E-state index contributed by atoms with van der Waals surface area (Å²) in [6.07, 6.45) is 6.77. The van der Waals surface area contributed by atoms with E-state index in [-0.39, 0.29) is 0 Å². The van der Waals surface area contributed by atoms with Crippen molar-refractivity contribution in [3.8, 4) is 0 Å². The van der Waals surface area contributed by atoms with Crippen LogP contribution in [0.2, 0.25) is 0 Å². The van der Waals surface area contributed by atoms with Gasteiger partial charge in [0.05, 0.1) is 11.0 Å². The maximum atomic E-state index is 5.70. The topological polar surface area (TPSA) is 54.7 Å². The quantitative estimate of drug-likeness (QED) is 0.825. The Morgan fingerprint density at radius 1 is 1.44 bits per heavy atom. The molecule has 2 heterocycles. The van der Waals surface area contributed by atoms with Crippen LogP contribution in [0.3, 0.4) is 0 Å². The van der Waals surface area contributed by atoms with Gasteiger partial charge in [0.2, 0.25) is 0 Å². The number of nitrogens with zero attached hydrogens (tertiary/aromatic N) is 1. The standard InChI is InChI=1S/C13H17N3/c14-7-6-10-12(9-3-1-4-9)16-11-5-2-8-15-13(10)11/h2,5,8-9,16H,1,3-4,6-7,14H2. The predicted octanol–water partition coefficient (Wildman–Crippen LogP) is 2.33. The Bertz CT molecular complexity index is 497. The monoisotopic (exact) mass is 215 g/mol. The van der Waals surface area contributed by atoms with Gasteiger partial charge < -0.3 is 10.7 Å². The zero-order valence-electron chi connectivity index (χ0n) is 9.37. The highest BCUT2D eigenvalue weighted by molar-refractivity contribution is 5.80. The minimum Gasteiger partial charge on any atom is -0.357 e. The van der Waals surface area contributed by atoms with Crippen LogP contribution in [0.5, 0.6) is 0 Å². The van der Waals surface area contributed by atoms with Crippen molar-refractivity contribution in [2.45, 2.75) is 31.6 Å². The van der Waals surface area contributed by atoms with Gasteiger partial charge in [0.1, 0.15) is 0 Å². The van der Waals surface area contributed by atoms with Gasteiger partial charge in [-0.05, 0) is 43.9 Å². The van der Waals surface area contributed by atoms with Crippen molar-refractivity contribution in [1.29, 1.82) is 0 Å². The van der Waals surface area contributed by atoms with E-state index in [0.29, 0.717) is 6.54 Å². The second kappa shape index (κ2) is 3.91. The van der Waals surface area contributed by atoms with Crippen LogP contribution in [0.1, 0.15) is 36.4 Å². The molecule has 0 atom stereocenters. The Morgan fingerprint density at radius 2 is 2.31 bits per heavy atom. The van der Waals surface area contributed by atoms with Crippen LogP contribution in [0, 0.1) is 0 Å². The van der Waals surface area contributed by atoms with Crippen molar-refractivity contribution in [1.82, 2.24) is 9.97 Å². The molecule has 1 aliphatic carbocycles. The van der Waals surface area contributed by atoms with Crippen molar-refractivity contribution in [3.63, 3.8) is 0 Å². The SMILES string of the molecule is NCCc1c(C2CCC2)[nH]c2cccnc12. The van der Waals surface area contributed by atoms with E-state index in [1.165, 1.54) is 30.5 Å². The van der Waals surface area contributed by atoms with E-state index in [1.54, 1.807) is 0 Å². The van der Waals surface area contributed by atoms with E-state index in [4.69, 9.17) is 5.73 Å². The summed E-state index contributed by atoms with van der Waals surface area (Å²) in [6.45, 7) is 0.698. The summed E-state index contributed by atoms with van der Waals surface area (Å²) >= 11 is 0. The molecule has 0 aliphatic heterocycles. The van der Waals surface area contributed by atoms with Crippen LogP contribution in [-0.2, 0) is 6.42 Å². The lowest BCUT2D eigenvalue weighted by atomic mass is 9.81. The molecule has 0 bridgehead atoms. The van der Waals surface area contributed by atoms with Crippen molar-refractivity contribution in [3.05, 3.63) is 29.6 Å².